The molecule has 0 saturated heterocycles. The highest BCUT2D eigenvalue weighted by atomic mass is 32.2. The van der Waals surface area contributed by atoms with Crippen molar-refractivity contribution in [3.63, 3.8) is 0 Å². The number of nitrogens with zero attached hydrogens (tertiary/aromatic N) is 2. The van der Waals surface area contributed by atoms with Crippen molar-refractivity contribution in [2.75, 3.05) is 10.6 Å². The average molecular weight is 332 g/mol. The van der Waals surface area contributed by atoms with Gasteiger partial charge in [0.2, 0.25) is 0 Å². The van der Waals surface area contributed by atoms with E-state index in [0.717, 1.165) is 12.1 Å². The standard InChI is InChI=1S/C12H11F3N4O2S/c1-19-7-6-10(18-19)17-11(20)16-8-2-4-9(5-3-8)22(21)12(13,14)15/h2-7H,1H3,(H2,16,17,18,20)/t22-/m1/s1. The lowest BCUT2D eigenvalue weighted by atomic mass is 10.3. The zero-order valence-electron chi connectivity index (χ0n) is 11.2. The van der Waals surface area contributed by atoms with Crippen LogP contribution in [0.15, 0.2) is 41.4 Å². The van der Waals surface area contributed by atoms with Gasteiger partial charge in [0.1, 0.15) is 0 Å². The van der Waals surface area contributed by atoms with Crippen LogP contribution in [0.25, 0.3) is 0 Å². The number of anilines is 2. The molecule has 1 aromatic heterocycles. The van der Waals surface area contributed by atoms with E-state index in [9.17, 15) is 22.2 Å². The number of carbonyl (C=O) groups is 1. The number of urea groups is 1. The van der Waals surface area contributed by atoms with Gasteiger partial charge in [-0.1, -0.05) is 0 Å². The second-order valence-electron chi connectivity index (χ2n) is 4.19. The van der Waals surface area contributed by atoms with Crippen LogP contribution in [0.2, 0.25) is 0 Å². The van der Waals surface area contributed by atoms with Gasteiger partial charge in [-0.15, -0.1) is 0 Å². The van der Waals surface area contributed by atoms with Gasteiger partial charge in [0.25, 0.3) is 0 Å². The van der Waals surface area contributed by atoms with Crippen molar-refractivity contribution in [3.8, 4) is 0 Å². The van der Waals surface area contributed by atoms with E-state index in [0.29, 0.717) is 5.82 Å². The van der Waals surface area contributed by atoms with Crippen molar-refractivity contribution in [2.24, 2.45) is 7.05 Å². The number of aromatic nitrogens is 2. The largest absolute Gasteiger partial charge is 0.475 e. The van der Waals surface area contributed by atoms with Gasteiger partial charge in [-0.25, -0.2) is 9.00 Å². The van der Waals surface area contributed by atoms with Gasteiger partial charge in [-0.2, -0.15) is 18.3 Å². The molecule has 0 saturated carbocycles. The third kappa shape index (κ3) is 4.07. The minimum atomic E-state index is -4.81. The molecule has 0 unspecified atom stereocenters. The van der Waals surface area contributed by atoms with Crippen LogP contribution in [-0.2, 0) is 17.8 Å². The summed E-state index contributed by atoms with van der Waals surface area (Å²) in [7, 11) is -1.41. The van der Waals surface area contributed by atoms with Crippen molar-refractivity contribution in [1.29, 1.82) is 0 Å². The van der Waals surface area contributed by atoms with Gasteiger partial charge in [0.05, 0.1) is 0 Å². The number of hydrogen-bond acceptors (Lipinski definition) is 3. The first-order valence-electron chi connectivity index (χ1n) is 5.92. The molecule has 1 heterocycles. The summed E-state index contributed by atoms with van der Waals surface area (Å²) in [5.41, 5.74) is -4.55. The third-order valence-electron chi connectivity index (χ3n) is 2.49. The molecular weight excluding hydrogens is 321 g/mol. The molecule has 0 bridgehead atoms. The molecule has 6 nitrogen and oxygen atoms in total. The van der Waals surface area contributed by atoms with E-state index in [-0.39, 0.29) is 10.6 Å². The monoisotopic (exact) mass is 332 g/mol. The van der Waals surface area contributed by atoms with Crippen LogP contribution in [0.5, 0.6) is 0 Å². The van der Waals surface area contributed by atoms with Gasteiger partial charge in [0, 0.05) is 29.9 Å². The Kier molecular flexibility index (Phi) is 4.50. The topological polar surface area (TPSA) is 76.0 Å². The maximum absolute atomic E-state index is 12.3. The maximum Gasteiger partial charge on any atom is 0.475 e. The predicted molar refractivity (Wildman–Crippen MR) is 74.8 cm³/mol. The van der Waals surface area contributed by atoms with Gasteiger partial charge in [-0.05, 0) is 24.3 Å². The van der Waals surface area contributed by atoms with Crippen molar-refractivity contribution in [2.45, 2.75) is 10.4 Å². The first-order valence-corrected chi connectivity index (χ1v) is 7.07. The molecule has 0 aliphatic carbocycles. The lowest BCUT2D eigenvalue weighted by Gasteiger charge is -2.08. The van der Waals surface area contributed by atoms with E-state index >= 15 is 0 Å². The Labute approximate surface area is 125 Å². The fourth-order valence-corrected chi connectivity index (χ4v) is 2.21. The Morgan fingerprint density at radius 2 is 1.82 bits per heavy atom. The molecule has 0 fully saturated rings. The second-order valence-corrected chi connectivity index (χ2v) is 5.66. The molecule has 0 spiro atoms. The van der Waals surface area contributed by atoms with E-state index in [1.807, 2.05) is 0 Å². The Bertz CT molecular complexity index is 697. The maximum atomic E-state index is 12.3. The summed E-state index contributed by atoms with van der Waals surface area (Å²) in [6.07, 6.45) is 1.64. The van der Waals surface area contributed by atoms with Crippen molar-refractivity contribution in [1.82, 2.24) is 9.78 Å². The summed E-state index contributed by atoms with van der Waals surface area (Å²) in [6, 6.07) is 5.53. The summed E-state index contributed by atoms with van der Waals surface area (Å²) in [6.45, 7) is 0. The molecule has 1 atom stereocenters. The molecule has 2 N–H and O–H groups in total. The van der Waals surface area contributed by atoms with Crippen LogP contribution in [0.1, 0.15) is 0 Å². The third-order valence-corrected chi connectivity index (χ3v) is 3.61. The Morgan fingerprint density at radius 3 is 2.32 bits per heavy atom. The first kappa shape index (κ1) is 16.0. The smallest absolute Gasteiger partial charge is 0.308 e. The lowest BCUT2D eigenvalue weighted by Crippen LogP contribution is -2.20. The summed E-state index contributed by atoms with van der Waals surface area (Å²) in [4.78, 5) is 11.3. The van der Waals surface area contributed by atoms with Gasteiger partial charge in [-0.3, -0.25) is 10.00 Å². The van der Waals surface area contributed by atoms with Crippen LogP contribution in [0, 0.1) is 0 Å². The normalized spacial score (nSPS) is 12.7. The number of halogens is 3. The molecule has 0 radical (unpaired) electrons. The zero-order valence-corrected chi connectivity index (χ0v) is 12.0. The Hall–Kier alpha value is -2.36. The molecule has 22 heavy (non-hydrogen) atoms. The number of rotatable bonds is 3. The SMILES string of the molecule is Cn1ccc(NC(=O)Nc2ccc([S@@](=O)C(F)(F)F)cc2)n1. The minimum Gasteiger partial charge on any atom is -0.308 e. The first-order chi connectivity index (χ1) is 10.3. The van der Waals surface area contributed by atoms with Crippen LogP contribution >= 0.6 is 0 Å². The number of nitrogens with one attached hydrogen (secondary N) is 2. The molecule has 2 aromatic rings. The van der Waals surface area contributed by atoms with Crippen LogP contribution < -0.4 is 10.6 Å². The van der Waals surface area contributed by atoms with E-state index in [1.54, 1.807) is 19.3 Å². The summed E-state index contributed by atoms with van der Waals surface area (Å²) < 4.78 is 49.5. The van der Waals surface area contributed by atoms with E-state index in [4.69, 9.17) is 0 Å². The fraction of sp³-hybridized carbons (Fsp3) is 0.167. The van der Waals surface area contributed by atoms with Crippen molar-refractivity contribution in [3.05, 3.63) is 36.5 Å². The van der Waals surface area contributed by atoms with Crippen LogP contribution in [0.4, 0.5) is 29.5 Å². The van der Waals surface area contributed by atoms with Crippen LogP contribution in [0.3, 0.4) is 0 Å². The number of aryl methyl sites for hydroxylation is 1. The highest BCUT2D eigenvalue weighted by Gasteiger charge is 2.37. The summed E-state index contributed by atoms with van der Waals surface area (Å²) in [5.74, 6) is 0.329. The molecule has 0 aliphatic heterocycles. The Morgan fingerprint density at radius 1 is 1.18 bits per heavy atom. The molecule has 10 heteroatoms. The van der Waals surface area contributed by atoms with E-state index in [2.05, 4.69) is 15.7 Å². The fourth-order valence-electron chi connectivity index (χ4n) is 1.56. The molecule has 2 rings (SSSR count). The minimum absolute atomic E-state index is 0.261. The number of hydrogen-bond donors (Lipinski definition) is 2. The number of amides is 2. The Balaban J connectivity index is 1.99. The summed E-state index contributed by atoms with van der Waals surface area (Å²) >= 11 is 0. The zero-order chi connectivity index (χ0) is 16.3. The molecular formula is C12H11F3N4O2S. The summed E-state index contributed by atoms with van der Waals surface area (Å²) in [5, 5.41) is 8.81. The van der Waals surface area contributed by atoms with Crippen LogP contribution in [-0.4, -0.2) is 25.5 Å². The number of benzene rings is 1. The number of carbonyl (C=O) groups excluding carboxylic acids is 1. The van der Waals surface area contributed by atoms with Gasteiger partial charge in [0.15, 0.2) is 16.6 Å². The number of alkyl halides is 3. The second kappa shape index (κ2) is 6.18. The average Bonchev–Trinajstić information content (AvgIpc) is 2.83. The van der Waals surface area contributed by atoms with E-state index in [1.165, 1.54) is 16.8 Å². The van der Waals surface area contributed by atoms with E-state index < -0.39 is 22.3 Å². The molecule has 1 aromatic carbocycles. The lowest BCUT2D eigenvalue weighted by molar-refractivity contribution is -0.0384. The van der Waals surface area contributed by atoms with Gasteiger partial charge >= 0.3 is 11.5 Å². The van der Waals surface area contributed by atoms with Gasteiger partial charge < -0.3 is 5.32 Å². The highest BCUT2D eigenvalue weighted by Crippen LogP contribution is 2.26. The van der Waals surface area contributed by atoms with Crippen molar-refractivity contribution >= 4 is 28.3 Å². The highest BCUT2D eigenvalue weighted by molar-refractivity contribution is 7.86. The molecule has 118 valence electrons. The molecule has 2 amide bonds. The molecule has 0 aliphatic rings. The van der Waals surface area contributed by atoms with Crippen molar-refractivity contribution < 1.29 is 22.2 Å². The predicted octanol–water partition coefficient (Wildman–Crippen LogP) is 2.69. The quantitative estimate of drug-likeness (QED) is 0.907.